The van der Waals surface area contributed by atoms with E-state index < -0.39 is 50.3 Å². The third kappa shape index (κ3) is 9.32. The Hall–Kier alpha value is -5.02. The molecule has 14 heteroatoms. The lowest BCUT2D eigenvalue weighted by Gasteiger charge is -2.43. The molecule has 0 saturated carbocycles. The van der Waals surface area contributed by atoms with E-state index in [-0.39, 0.29) is 30.7 Å². The minimum atomic E-state index is -3.02. The van der Waals surface area contributed by atoms with Crippen LogP contribution in [0.25, 0.3) is 0 Å². The highest BCUT2D eigenvalue weighted by Crippen LogP contribution is 2.38. The van der Waals surface area contributed by atoms with Crippen molar-refractivity contribution in [2.24, 2.45) is 0 Å². The van der Waals surface area contributed by atoms with Gasteiger partial charge in [0, 0.05) is 50.4 Å². The number of aromatic amines is 1. The maximum atomic E-state index is 13.4. The number of nitrogens with one attached hydrogen (secondary N) is 1. The zero-order valence-electron chi connectivity index (χ0n) is 32.5. The maximum Gasteiger partial charge on any atom is 0.508 e. The fourth-order valence-electron chi connectivity index (χ4n) is 7.98. The first-order valence-corrected chi connectivity index (χ1v) is 21.1. The predicted octanol–water partition coefficient (Wildman–Crippen LogP) is 4.88. The van der Waals surface area contributed by atoms with E-state index >= 15 is 0 Å². The Morgan fingerprint density at radius 1 is 0.964 bits per heavy atom. The molecule has 13 nitrogen and oxygen atoms in total. The third-order valence-electron chi connectivity index (χ3n) is 10.7. The van der Waals surface area contributed by atoms with Crippen molar-refractivity contribution in [2.75, 3.05) is 32.8 Å². The molecule has 0 aliphatic carbocycles. The summed E-state index contributed by atoms with van der Waals surface area (Å²) in [4.78, 5) is 56.4. The second kappa shape index (κ2) is 17.8. The molecule has 298 valence electrons. The van der Waals surface area contributed by atoms with Crippen molar-refractivity contribution in [3.63, 3.8) is 0 Å². The quantitative estimate of drug-likeness (QED) is 0.134. The van der Waals surface area contributed by atoms with Gasteiger partial charge in [0.2, 0.25) is 0 Å². The van der Waals surface area contributed by atoms with Crippen LogP contribution in [0.15, 0.2) is 107 Å². The highest BCUT2D eigenvalue weighted by atomic mass is 28.4. The number of hydrogen-bond donors (Lipinski definition) is 2. The van der Waals surface area contributed by atoms with Crippen LogP contribution in [-0.2, 0) is 25.2 Å². The zero-order valence-corrected chi connectivity index (χ0v) is 33.5. The highest BCUT2D eigenvalue weighted by Gasteiger charge is 2.52. The van der Waals surface area contributed by atoms with Crippen molar-refractivity contribution in [1.82, 2.24) is 19.4 Å². The van der Waals surface area contributed by atoms with Crippen molar-refractivity contribution in [3.05, 3.63) is 129 Å². The summed E-state index contributed by atoms with van der Waals surface area (Å²) in [5.74, 6) is 0. The van der Waals surface area contributed by atoms with E-state index in [1.807, 2.05) is 66.7 Å². The van der Waals surface area contributed by atoms with Gasteiger partial charge < -0.3 is 28.6 Å². The van der Waals surface area contributed by atoms with Crippen LogP contribution in [0.5, 0.6) is 0 Å². The molecule has 1 amide bonds. The molecule has 2 aliphatic rings. The largest absolute Gasteiger partial charge is 0.508 e. The van der Waals surface area contributed by atoms with Gasteiger partial charge in [-0.1, -0.05) is 112 Å². The Morgan fingerprint density at radius 2 is 1.59 bits per heavy atom. The number of nitrogens with zero attached hydrogens (tertiary/aromatic N) is 3. The molecule has 2 N–H and O–H groups in total. The van der Waals surface area contributed by atoms with Crippen LogP contribution in [0.1, 0.15) is 57.4 Å². The van der Waals surface area contributed by atoms with Crippen LogP contribution >= 0.6 is 0 Å². The van der Waals surface area contributed by atoms with Gasteiger partial charge in [-0.3, -0.25) is 19.2 Å². The number of carbonyl (C=O) groups is 2. The predicted molar refractivity (Wildman–Crippen MR) is 214 cm³/mol. The van der Waals surface area contributed by atoms with Gasteiger partial charge in [0.15, 0.2) is 0 Å². The van der Waals surface area contributed by atoms with E-state index in [1.54, 1.807) is 6.92 Å². The lowest BCUT2D eigenvalue weighted by molar-refractivity contribution is -0.0553. The smallest absolute Gasteiger partial charge is 0.465 e. The van der Waals surface area contributed by atoms with Crippen LogP contribution in [0.2, 0.25) is 5.04 Å². The van der Waals surface area contributed by atoms with Crippen LogP contribution in [-0.4, -0.2) is 96.1 Å². The molecule has 3 aromatic carbocycles. The summed E-state index contributed by atoms with van der Waals surface area (Å²) in [6.45, 7) is 10.0. The molecular formula is C42H52N4O9Si. The summed E-state index contributed by atoms with van der Waals surface area (Å²) in [6.07, 6.45) is -1.20. The van der Waals surface area contributed by atoms with Gasteiger partial charge in [0.25, 0.3) is 13.9 Å². The first kappa shape index (κ1) is 40.6. The van der Waals surface area contributed by atoms with Gasteiger partial charge in [-0.15, -0.1) is 0 Å². The Balaban J connectivity index is 1.20. The van der Waals surface area contributed by atoms with Crippen molar-refractivity contribution in [2.45, 2.75) is 83.0 Å². The lowest BCUT2D eigenvalue weighted by Crippen LogP contribution is -2.67. The number of ether oxygens (including phenoxy) is 3. The minimum Gasteiger partial charge on any atom is -0.465 e. The van der Waals surface area contributed by atoms with E-state index in [4.69, 9.17) is 18.6 Å². The van der Waals surface area contributed by atoms with E-state index in [0.717, 1.165) is 28.8 Å². The SMILES string of the molecule is Cc1cn([C@H]2C[C@H](OC(=O)OCCN(Cc3ccccc3)CC3CCCN3C(=O)O)[C@@H](CO[Si](c3ccccc3)(c3ccccc3)C(C)(C)C)O2)c(=O)[nH]c1=O. The number of amides is 1. The zero-order chi connectivity index (χ0) is 39.9. The summed E-state index contributed by atoms with van der Waals surface area (Å²) in [6, 6.07) is 30.0. The molecule has 4 aromatic rings. The topological polar surface area (TPSA) is 153 Å². The fraction of sp³-hybridized carbons (Fsp3) is 0.429. The average Bonchev–Trinajstić information content (AvgIpc) is 3.81. The Labute approximate surface area is 327 Å². The molecule has 56 heavy (non-hydrogen) atoms. The number of hydrogen-bond acceptors (Lipinski definition) is 9. The summed E-state index contributed by atoms with van der Waals surface area (Å²) in [5.41, 5.74) is 0.265. The van der Waals surface area contributed by atoms with Gasteiger partial charge in [-0.05, 0) is 40.7 Å². The number of H-pyrrole nitrogens is 1. The molecule has 2 aliphatic heterocycles. The first-order chi connectivity index (χ1) is 26.9. The normalized spacial score (nSPS) is 20.0. The average molecular weight is 785 g/mol. The molecule has 4 atom stereocenters. The number of aromatic nitrogens is 2. The number of rotatable bonds is 14. The highest BCUT2D eigenvalue weighted by molar-refractivity contribution is 6.99. The summed E-state index contributed by atoms with van der Waals surface area (Å²) in [7, 11) is -3.02. The number of benzene rings is 3. The van der Waals surface area contributed by atoms with Crippen LogP contribution in [0, 0.1) is 6.92 Å². The summed E-state index contributed by atoms with van der Waals surface area (Å²) in [5, 5.41) is 11.5. The Kier molecular flexibility index (Phi) is 12.9. The second-order valence-corrected chi connectivity index (χ2v) is 19.9. The number of carboxylic acid groups (broad SMARTS) is 1. The molecular weight excluding hydrogens is 733 g/mol. The molecule has 1 unspecified atom stereocenters. The minimum absolute atomic E-state index is 0.00423. The van der Waals surface area contributed by atoms with E-state index in [0.29, 0.717) is 31.7 Å². The Bertz CT molecular complexity index is 2000. The van der Waals surface area contributed by atoms with Gasteiger partial charge >= 0.3 is 17.9 Å². The van der Waals surface area contributed by atoms with Gasteiger partial charge in [0.1, 0.15) is 25.0 Å². The monoisotopic (exact) mass is 784 g/mol. The summed E-state index contributed by atoms with van der Waals surface area (Å²) >= 11 is 0. The molecule has 0 radical (unpaired) electrons. The molecule has 2 fully saturated rings. The van der Waals surface area contributed by atoms with Gasteiger partial charge in [-0.2, -0.15) is 0 Å². The van der Waals surface area contributed by atoms with Crippen LogP contribution in [0.3, 0.4) is 0 Å². The van der Waals surface area contributed by atoms with E-state index in [9.17, 15) is 24.3 Å². The van der Waals surface area contributed by atoms with Crippen molar-refractivity contribution < 1.29 is 33.3 Å². The Morgan fingerprint density at radius 3 is 2.20 bits per heavy atom. The molecule has 6 rings (SSSR count). The van der Waals surface area contributed by atoms with Crippen molar-refractivity contribution >= 4 is 30.9 Å². The van der Waals surface area contributed by atoms with Gasteiger partial charge in [0.05, 0.1) is 6.61 Å². The molecule has 0 bridgehead atoms. The van der Waals surface area contributed by atoms with Crippen molar-refractivity contribution in [3.8, 4) is 0 Å². The standard InChI is InChI=1S/C42H52N4O9Si/c1-30-26-46(39(48)43-38(30)47)37-25-35(36(54-37)29-53-56(42(2,3)4,33-18-10-6-11-19-33)34-20-12-7-13-21-34)55-41(51)52-24-23-44(27-31-15-8-5-9-16-31)28-32-17-14-22-45(32)40(49)50/h5-13,15-16,18-21,26,32,35-37H,14,17,22-25,27-29H2,1-4H3,(H,49,50)(H,43,47,48)/t32?,35-,36+,37+/m0/s1. The molecule has 0 spiro atoms. The number of carbonyl (C=O) groups excluding carboxylic acids is 1. The fourth-order valence-corrected chi connectivity index (χ4v) is 12.6. The first-order valence-electron chi connectivity index (χ1n) is 19.2. The van der Waals surface area contributed by atoms with E-state index in [1.165, 1.54) is 15.7 Å². The third-order valence-corrected chi connectivity index (χ3v) is 15.7. The van der Waals surface area contributed by atoms with Gasteiger partial charge in [-0.25, -0.2) is 14.4 Å². The molecule has 3 heterocycles. The van der Waals surface area contributed by atoms with Crippen molar-refractivity contribution in [1.29, 1.82) is 0 Å². The molecule has 1 aromatic heterocycles. The lowest BCUT2D eigenvalue weighted by atomic mass is 10.1. The van der Waals surface area contributed by atoms with Crippen LogP contribution < -0.4 is 21.6 Å². The number of aryl methyl sites for hydroxylation is 1. The van der Waals surface area contributed by atoms with E-state index in [2.05, 4.69) is 54.9 Å². The molecule has 2 saturated heterocycles. The number of likely N-dealkylation sites (tertiary alicyclic amines) is 1. The summed E-state index contributed by atoms with van der Waals surface area (Å²) < 4.78 is 26.6. The second-order valence-electron chi connectivity index (χ2n) is 15.6. The maximum absolute atomic E-state index is 13.4. The van der Waals surface area contributed by atoms with Crippen LogP contribution in [0.4, 0.5) is 9.59 Å².